The predicted octanol–water partition coefficient (Wildman–Crippen LogP) is 5.61. The predicted molar refractivity (Wildman–Crippen MR) is 177 cm³/mol. The Bertz CT molecular complexity index is 1640. The van der Waals surface area contributed by atoms with Crippen LogP contribution >= 0.6 is 0 Å². The number of aryl methyl sites for hydroxylation is 1. The van der Waals surface area contributed by atoms with Crippen molar-refractivity contribution in [3.63, 3.8) is 0 Å². The Morgan fingerprint density at radius 3 is 1.93 bits per heavy atom. The summed E-state index contributed by atoms with van der Waals surface area (Å²) >= 11 is 0. The molecule has 2 amide bonds. The molecule has 0 aliphatic carbocycles. The number of rotatable bonds is 14. The van der Waals surface area contributed by atoms with E-state index in [0.717, 1.165) is 21.0 Å². The molecule has 4 aromatic carbocycles. The molecular weight excluding hydrogens is 586 g/mol. The number of benzene rings is 4. The SMILES string of the molecule is COc1ccc(N(CC(=O)N(Cc2ccccc2)[C@@H](Cc2ccccc2)C(=O)NCC(C)C)S(=O)(=O)c2ccc(C)cc2)cc1. The van der Waals surface area contributed by atoms with Crippen LogP contribution in [0.5, 0.6) is 5.75 Å². The summed E-state index contributed by atoms with van der Waals surface area (Å²) in [7, 11) is -2.65. The Kier molecular flexibility index (Phi) is 11.4. The maximum atomic E-state index is 14.5. The van der Waals surface area contributed by atoms with Crippen molar-refractivity contribution in [2.24, 2.45) is 5.92 Å². The van der Waals surface area contributed by atoms with E-state index in [1.54, 1.807) is 36.4 Å². The number of sulfonamides is 1. The van der Waals surface area contributed by atoms with Gasteiger partial charge in [-0.3, -0.25) is 13.9 Å². The van der Waals surface area contributed by atoms with E-state index in [9.17, 15) is 18.0 Å². The van der Waals surface area contributed by atoms with Gasteiger partial charge in [-0.05, 0) is 60.4 Å². The van der Waals surface area contributed by atoms with E-state index >= 15 is 0 Å². The number of carbonyl (C=O) groups excluding carboxylic acids is 2. The summed E-state index contributed by atoms with van der Waals surface area (Å²) in [6, 6.07) is 31.0. The van der Waals surface area contributed by atoms with Gasteiger partial charge in [0.2, 0.25) is 11.8 Å². The highest BCUT2D eigenvalue weighted by Crippen LogP contribution is 2.27. The lowest BCUT2D eigenvalue weighted by Gasteiger charge is -2.34. The van der Waals surface area contributed by atoms with E-state index in [-0.39, 0.29) is 29.7 Å². The number of carbonyl (C=O) groups is 2. The topological polar surface area (TPSA) is 96.0 Å². The monoisotopic (exact) mass is 627 g/mol. The molecule has 0 bridgehead atoms. The molecule has 0 saturated carbocycles. The maximum absolute atomic E-state index is 14.5. The third kappa shape index (κ3) is 8.95. The lowest BCUT2D eigenvalue weighted by Crippen LogP contribution is -2.53. The molecular formula is C36H41N3O5S. The number of hydrogen-bond acceptors (Lipinski definition) is 5. The van der Waals surface area contributed by atoms with Crippen LogP contribution in [0.2, 0.25) is 0 Å². The fraction of sp³-hybridized carbons (Fsp3) is 0.278. The molecule has 4 rings (SSSR count). The van der Waals surface area contributed by atoms with Gasteiger partial charge >= 0.3 is 0 Å². The smallest absolute Gasteiger partial charge is 0.264 e. The zero-order valence-electron chi connectivity index (χ0n) is 26.2. The summed E-state index contributed by atoms with van der Waals surface area (Å²) < 4.78 is 34.6. The highest BCUT2D eigenvalue weighted by molar-refractivity contribution is 7.92. The van der Waals surface area contributed by atoms with E-state index < -0.39 is 28.5 Å². The molecule has 0 spiro atoms. The van der Waals surface area contributed by atoms with E-state index in [2.05, 4.69) is 5.32 Å². The summed E-state index contributed by atoms with van der Waals surface area (Å²) in [5.74, 6) is -0.0526. The molecule has 1 atom stereocenters. The average molecular weight is 628 g/mol. The number of methoxy groups -OCH3 is 1. The van der Waals surface area contributed by atoms with Crippen molar-refractivity contribution in [1.82, 2.24) is 10.2 Å². The molecule has 0 heterocycles. The van der Waals surface area contributed by atoms with Gasteiger partial charge in [0.05, 0.1) is 17.7 Å². The average Bonchev–Trinajstić information content (AvgIpc) is 3.05. The van der Waals surface area contributed by atoms with E-state index in [1.165, 1.54) is 24.1 Å². The van der Waals surface area contributed by atoms with Crippen molar-refractivity contribution >= 4 is 27.5 Å². The van der Waals surface area contributed by atoms with Gasteiger partial charge in [-0.25, -0.2) is 8.42 Å². The summed E-state index contributed by atoms with van der Waals surface area (Å²) in [5, 5.41) is 3.00. The third-order valence-corrected chi connectivity index (χ3v) is 9.19. The second kappa shape index (κ2) is 15.4. The fourth-order valence-corrected chi connectivity index (χ4v) is 6.29. The molecule has 0 unspecified atom stereocenters. The molecule has 45 heavy (non-hydrogen) atoms. The van der Waals surface area contributed by atoms with Crippen molar-refractivity contribution in [3.05, 3.63) is 126 Å². The zero-order chi connectivity index (χ0) is 32.4. The molecule has 0 aliphatic rings. The minimum Gasteiger partial charge on any atom is -0.497 e. The van der Waals surface area contributed by atoms with E-state index in [0.29, 0.717) is 18.0 Å². The first-order chi connectivity index (χ1) is 21.6. The van der Waals surface area contributed by atoms with Crippen LogP contribution < -0.4 is 14.4 Å². The summed E-state index contributed by atoms with van der Waals surface area (Å²) in [4.78, 5) is 29.8. The van der Waals surface area contributed by atoms with Gasteiger partial charge in [0, 0.05) is 19.5 Å². The molecule has 1 N–H and O–H groups in total. The van der Waals surface area contributed by atoms with Crippen molar-refractivity contribution in [1.29, 1.82) is 0 Å². The molecule has 8 nitrogen and oxygen atoms in total. The van der Waals surface area contributed by atoms with Gasteiger partial charge in [0.25, 0.3) is 10.0 Å². The lowest BCUT2D eigenvalue weighted by atomic mass is 10.0. The van der Waals surface area contributed by atoms with Crippen LogP contribution in [0.15, 0.2) is 114 Å². The normalized spacial score (nSPS) is 11.9. The minimum atomic E-state index is -4.17. The summed E-state index contributed by atoms with van der Waals surface area (Å²) in [6.45, 7) is 5.92. The number of nitrogens with one attached hydrogen (secondary N) is 1. The maximum Gasteiger partial charge on any atom is 0.264 e. The largest absolute Gasteiger partial charge is 0.497 e. The van der Waals surface area contributed by atoms with Crippen LogP contribution in [0.3, 0.4) is 0 Å². The Morgan fingerprint density at radius 1 is 0.800 bits per heavy atom. The van der Waals surface area contributed by atoms with Crippen molar-refractivity contribution in [2.45, 2.75) is 44.7 Å². The Labute approximate surface area is 266 Å². The first-order valence-electron chi connectivity index (χ1n) is 15.0. The number of hydrogen-bond donors (Lipinski definition) is 1. The second-order valence-corrected chi connectivity index (χ2v) is 13.2. The van der Waals surface area contributed by atoms with Crippen LogP contribution in [-0.4, -0.2) is 51.4 Å². The Hall–Kier alpha value is -4.63. The summed E-state index contributed by atoms with van der Waals surface area (Å²) in [6.07, 6.45) is 0.261. The lowest BCUT2D eigenvalue weighted by molar-refractivity contribution is -0.140. The van der Waals surface area contributed by atoms with Gasteiger partial charge in [-0.1, -0.05) is 92.2 Å². The quantitative estimate of drug-likeness (QED) is 0.196. The summed E-state index contributed by atoms with van der Waals surface area (Å²) in [5.41, 5.74) is 2.91. The van der Waals surface area contributed by atoms with Crippen molar-refractivity contribution in [2.75, 3.05) is 24.5 Å². The Balaban J connectivity index is 1.78. The number of nitrogens with zero attached hydrogens (tertiary/aromatic N) is 2. The van der Waals surface area contributed by atoms with Gasteiger partial charge in [-0.15, -0.1) is 0 Å². The molecule has 0 aliphatic heterocycles. The number of anilines is 1. The number of amides is 2. The minimum absolute atomic E-state index is 0.0573. The molecule has 4 aromatic rings. The second-order valence-electron chi connectivity index (χ2n) is 11.4. The van der Waals surface area contributed by atoms with Gasteiger partial charge in [0.1, 0.15) is 18.3 Å². The van der Waals surface area contributed by atoms with E-state index in [1.807, 2.05) is 81.4 Å². The van der Waals surface area contributed by atoms with Crippen LogP contribution in [0.25, 0.3) is 0 Å². The van der Waals surface area contributed by atoms with Crippen LogP contribution in [-0.2, 0) is 32.6 Å². The highest BCUT2D eigenvalue weighted by atomic mass is 32.2. The first kappa shape index (κ1) is 33.3. The standard InChI is InChI=1S/C36H41N3O5S/c1-27(2)24-37-36(41)34(23-29-11-7-5-8-12-29)38(25-30-13-9-6-10-14-30)35(40)26-39(31-17-19-32(44-4)20-18-31)45(42,43)33-21-15-28(3)16-22-33/h5-22,27,34H,23-26H2,1-4H3,(H,37,41)/t34-/m0/s1. The zero-order valence-corrected chi connectivity index (χ0v) is 27.0. The molecule has 9 heteroatoms. The fourth-order valence-electron chi connectivity index (χ4n) is 4.87. The molecule has 0 fully saturated rings. The molecule has 236 valence electrons. The van der Waals surface area contributed by atoms with Crippen LogP contribution in [0, 0.1) is 12.8 Å². The van der Waals surface area contributed by atoms with Gasteiger partial charge < -0.3 is 15.0 Å². The van der Waals surface area contributed by atoms with Crippen molar-refractivity contribution in [3.8, 4) is 5.75 Å². The molecule has 0 aromatic heterocycles. The van der Waals surface area contributed by atoms with Crippen molar-refractivity contribution < 1.29 is 22.7 Å². The van der Waals surface area contributed by atoms with Gasteiger partial charge in [-0.2, -0.15) is 0 Å². The van der Waals surface area contributed by atoms with E-state index in [4.69, 9.17) is 4.74 Å². The third-order valence-electron chi connectivity index (χ3n) is 7.40. The highest BCUT2D eigenvalue weighted by Gasteiger charge is 2.34. The Morgan fingerprint density at radius 2 is 1.38 bits per heavy atom. The number of ether oxygens (including phenoxy) is 1. The molecule has 0 radical (unpaired) electrons. The first-order valence-corrected chi connectivity index (χ1v) is 16.4. The molecule has 0 saturated heterocycles. The van der Waals surface area contributed by atoms with Crippen LogP contribution in [0.1, 0.15) is 30.5 Å². The van der Waals surface area contributed by atoms with Crippen LogP contribution in [0.4, 0.5) is 5.69 Å². The van der Waals surface area contributed by atoms with Gasteiger partial charge in [0.15, 0.2) is 0 Å².